The molecule has 0 radical (unpaired) electrons. The Morgan fingerprint density at radius 2 is 1.78 bits per heavy atom. The molecular formula is C14H24N2O2. The van der Waals surface area contributed by atoms with E-state index in [2.05, 4.69) is 5.32 Å². The number of nitrogens with one attached hydrogen (secondary N) is 1. The summed E-state index contributed by atoms with van der Waals surface area (Å²) >= 11 is 0. The van der Waals surface area contributed by atoms with Crippen LogP contribution in [0.2, 0.25) is 0 Å². The van der Waals surface area contributed by atoms with Gasteiger partial charge in [-0.15, -0.1) is 0 Å². The van der Waals surface area contributed by atoms with Gasteiger partial charge < -0.3 is 10.2 Å². The van der Waals surface area contributed by atoms with E-state index in [1.165, 1.54) is 19.3 Å². The quantitative estimate of drug-likeness (QED) is 0.833. The van der Waals surface area contributed by atoms with Crippen molar-refractivity contribution in [3.63, 3.8) is 0 Å². The Labute approximate surface area is 109 Å². The fraction of sp³-hybridized carbons (Fsp3) is 0.857. The van der Waals surface area contributed by atoms with E-state index >= 15 is 0 Å². The standard InChI is InChI=1S/C14H24N2O2/c1-3-14(4-2)13(18)15-10-12(17)16(14)11-8-6-5-7-9-11/h11H,3-10H2,1-2H3,(H,15,18). The van der Waals surface area contributed by atoms with Gasteiger partial charge in [0.15, 0.2) is 0 Å². The predicted octanol–water partition coefficient (Wildman–Crippen LogP) is 1.84. The molecule has 18 heavy (non-hydrogen) atoms. The normalized spacial score (nSPS) is 25.1. The SMILES string of the molecule is CCC1(CC)C(=O)NCC(=O)N1C1CCCCC1. The summed E-state index contributed by atoms with van der Waals surface area (Å²) in [6.07, 6.45) is 7.14. The average Bonchev–Trinajstić information content (AvgIpc) is 2.42. The fourth-order valence-electron chi connectivity index (χ4n) is 3.56. The summed E-state index contributed by atoms with van der Waals surface area (Å²) in [6.45, 7) is 4.20. The smallest absolute Gasteiger partial charge is 0.246 e. The van der Waals surface area contributed by atoms with Crippen LogP contribution in [0.4, 0.5) is 0 Å². The van der Waals surface area contributed by atoms with E-state index in [-0.39, 0.29) is 24.4 Å². The van der Waals surface area contributed by atoms with Crippen LogP contribution in [0.5, 0.6) is 0 Å². The third-order valence-corrected chi connectivity index (χ3v) is 4.66. The average molecular weight is 252 g/mol. The Bertz CT molecular complexity index is 331. The predicted molar refractivity (Wildman–Crippen MR) is 70.0 cm³/mol. The first kappa shape index (κ1) is 13.4. The summed E-state index contributed by atoms with van der Waals surface area (Å²) in [4.78, 5) is 26.5. The number of hydrogen-bond acceptors (Lipinski definition) is 2. The maximum Gasteiger partial charge on any atom is 0.246 e. The molecule has 1 aliphatic carbocycles. The van der Waals surface area contributed by atoms with Gasteiger partial charge in [0.1, 0.15) is 5.54 Å². The van der Waals surface area contributed by atoms with Gasteiger partial charge in [-0.05, 0) is 25.7 Å². The molecule has 1 heterocycles. The van der Waals surface area contributed by atoms with Gasteiger partial charge in [-0.3, -0.25) is 9.59 Å². The van der Waals surface area contributed by atoms with E-state index in [1.807, 2.05) is 18.7 Å². The van der Waals surface area contributed by atoms with Crippen molar-refractivity contribution >= 4 is 11.8 Å². The van der Waals surface area contributed by atoms with Crippen molar-refractivity contribution in [3.8, 4) is 0 Å². The molecule has 2 fully saturated rings. The van der Waals surface area contributed by atoms with E-state index in [4.69, 9.17) is 0 Å². The molecule has 102 valence electrons. The number of hydrogen-bond donors (Lipinski definition) is 1. The summed E-state index contributed by atoms with van der Waals surface area (Å²) in [5, 5.41) is 2.76. The molecular weight excluding hydrogens is 228 g/mol. The largest absolute Gasteiger partial charge is 0.345 e. The fourth-order valence-corrected chi connectivity index (χ4v) is 3.56. The topological polar surface area (TPSA) is 49.4 Å². The minimum atomic E-state index is -0.600. The van der Waals surface area contributed by atoms with E-state index < -0.39 is 5.54 Å². The Hall–Kier alpha value is -1.06. The lowest BCUT2D eigenvalue weighted by molar-refractivity contribution is -0.159. The number of piperazine rings is 1. The van der Waals surface area contributed by atoms with Gasteiger partial charge in [-0.2, -0.15) is 0 Å². The molecule has 4 heteroatoms. The summed E-state index contributed by atoms with van der Waals surface area (Å²) < 4.78 is 0. The van der Waals surface area contributed by atoms with Crippen molar-refractivity contribution in [2.75, 3.05) is 6.54 Å². The van der Waals surface area contributed by atoms with Crippen LogP contribution in [0.1, 0.15) is 58.8 Å². The molecule has 2 rings (SSSR count). The second-order valence-corrected chi connectivity index (χ2v) is 5.48. The Balaban J connectivity index is 2.30. The van der Waals surface area contributed by atoms with E-state index in [0.717, 1.165) is 12.8 Å². The monoisotopic (exact) mass is 252 g/mol. The maximum atomic E-state index is 12.3. The van der Waals surface area contributed by atoms with Crippen LogP contribution in [0, 0.1) is 0 Å². The molecule has 1 N–H and O–H groups in total. The molecule has 1 aliphatic heterocycles. The first-order chi connectivity index (χ1) is 8.65. The van der Waals surface area contributed by atoms with Crippen LogP contribution in [0.3, 0.4) is 0 Å². The van der Waals surface area contributed by atoms with Crippen molar-refractivity contribution in [2.45, 2.75) is 70.4 Å². The highest BCUT2D eigenvalue weighted by Gasteiger charge is 2.49. The lowest BCUT2D eigenvalue weighted by Gasteiger charge is -2.49. The lowest BCUT2D eigenvalue weighted by Crippen LogP contribution is -2.69. The van der Waals surface area contributed by atoms with Crippen LogP contribution in [0.15, 0.2) is 0 Å². The zero-order valence-corrected chi connectivity index (χ0v) is 11.5. The van der Waals surface area contributed by atoms with Gasteiger partial charge in [0, 0.05) is 6.04 Å². The minimum Gasteiger partial charge on any atom is -0.345 e. The number of carbonyl (C=O) groups excluding carboxylic acids is 2. The third-order valence-electron chi connectivity index (χ3n) is 4.66. The summed E-state index contributed by atoms with van der Waals surface area (Å²) in [5.74, 6) is 0.142. The zero-order chi connectivity index (χ0) is 13.2. The second-order valence-electron chi connectivity index (χ2n) is 5.48. The molecule has 0 atom stereocenters. The highest BCUT2D eigenvalue weighted by molar-refractivity contribution is 5.98. The van der Waals surface area contributed by atoms with Gasteiger partial charge in [0.25, 0.3) is 0 Å². The molecule has 1 saturated heterocycles. The molecule has 0 bridgehead atoms. The van der Waals surface area contributed by atoms with Gasteiger partial charge in [-0.1, -0.05) is 33.1 Å². The maximum absolute atomic E-state index is 12.3. The molecule has 0 unspecified atom stereocenters. The summed E-state index contributed by atoms with van der Waals surface area (Å²) in [6, 6.07) is 0.275. The van der Waals surface area contributed by atoms with Crippen molar-refractivity contribution in [3.05, 3.63) is 0 Å². The number of amides is 2. The van der Waals surface area contributed by atoms with Crippen molar-refractivity contribution in [1.29, 1.82) is 0 Å². The van der Waals surface area contributed by atoms with E-state index in [9.17, 15) is 9.59 Å². The zero-order valence-electron chi connectivity index (χ0n) is 11.5. The molecule has 0 aromatic rings. The van der Waals surface area contributed by atoms with Gasteiger partial charge in [0.05, 0.1) is 6.54 Å². The Kier molecular flexibility index (Phi) is 3.93. The Morgan fingerprint density at radius 1 is 1.17 bits per heavy atom. The number of carbonyl (C=O) groups is 2. The molecule has 1 saturated carbocycles. The summed E-state index contributed by atoms with van der Waals surface area (Å²) in [7, 11) is 0. The van der Waals surface area contributed by atoms with Crippen LogP contribution in [0.25, 0.3) is 0 Å². The highest BCUT2D eigenvalue weighted by Crippen LogP contribution is 2.34. The highest BCUT2D eigenvalue weighted by atomic mass is 16.2. The van der Waals surface area contributed by atoms with E-state index in [0.29, 0.717) is 12.8 Å². The van der Waals surface area contributed by atoms with Crippen LogP contribution in [-0.2, 0) is 9.59 Å². The summed E-state index contributed by atoms with van der Waals surface area (Å²) in [5.41, 5.74) is -0.600. The van der Waals surface area contributed by atoms with Crippen molar-refractivity contribution in [2.24, 2.45) is 0 Å². The first-order valence-corrected chi connectivity index (χ1v) is 7.26. The molecule has 0 spiro atoms. The van der Waals surface area contributed by atoms with Crippen LogP contribution >= 0.6 is 0 Å². The van der Waals surface area contributed by atoms with Crippen molar-refractivity contribution < 1.29 is 9.59 Å². The Morgan fingerprint density at radius 3 is 2.33 bits per heavy atom. The van der Waals surface area contributed by atoms with Gasteiger partial charge in [-0.25, -0.2) is 0 Å². The second kappa shape index (κ2) is 5.29. The number of rotatable bonds is 3. The van der Waals surface area contributed by atoms with Gasteiger partial charge in [0.2, 0.25) is 11.8 Å². The number of nitrogens with zero attached hydrogens (tertiary/aromatic N) is 1. The van der Waals surface area contributed by atoms with Crippen LogP contribution < -0.4 is 5.32 Å². The molecule has 4 nitrogen and oxygen atoms in total. The molecule has 2 amide bonds. The third kappa shape index (κ3) is 2.02. The van der Waals surface area contributed by atoms with E-state index in [1.54, 1.807) is 0 Å². The molecule has 0 aromatic heterocycles. The molecule has 0 aromatic carbocycles. The molecule has 2 aliphatic rings. The van der Waals surface area contributed by atoms with Crippen molar-refractivity contribution in [1.82, 2.24) is 10.2 Å². The minimum absolute atomic E-state index is 0.0395. The van der Waals surface area contributed by atoms with Crippen LogP contribution in [-0.4, -0.2) is 34.8 Å². The van der Waals surface area contributed by atoms with Gasteiger partial charge >= 0.3 is 0 Å². The lowest BCUT2D eigenvalue weighted by atomic mass is 9.82. The first-order valence-electron chi connectivity index (χ1n) is 7.26.